The van der Waals surface area contributed by atoms with Crippen LogP contribution in [0.5, 0.6) is 0 Å². The Morgan fingerprint density at radius 2 is 2.06 bits per heavy atom. The highest BCUT2D eigenvalue weighted by Gasteiger charge is 2.21. The van der Waals surface area contributed by atoms with Crippen molar-refractivity contribution in [3.8, 4) is 0 Å². The van der Waals surface area contributed by atoms with Crippen LogP contribution in [0, 0.1) is 5.92 Å². The number of hydrogen-bond acceptors (Lipinski definition) is 3. The Labute approximate surface area is 109 Å². The van der Waals surface area contributed by atoms with Gasteiger partial charge < -0.3 is 15.2 Å². The molecule has 0 aromatic heterocycles. The third-order valence-corrected chi connectivity index (χ3v) is 3.17. The minimum atomic E-state index is -0.389. The van der Waals surface area contributed by atoms with Gasteiger partial charge in [-0.3, -0.25) is 0 Å². The van der Waals surface area contributed by atoms with Crippen LogP contribution in [0.4, 0.5) is 0 Å². The average molecular weight is 249 g/mol. The second-order valence-corrected chi connectivity index (χ2v) is 5.07. The maximum atomic E-state index is 9.69. The molecule has 3 nitrogen and oxygen atoms in total. The second-order valence-electron chi connectivity index (χ2n) is 5.07. The van der Waals surface area contributed by atoms with E-state index in [4.69, 9.17) is 4.74 Å². The number of benzene rings is 1. The number of aliphatic hydroxyl groups is 1. The van der Waals surface area contributed by atoms with E-state index in [1.165, 1.54) is 18.4 Å². The van der Waals surface area contributed by atoms with Gasteiger partial charge in [0.1, 0.15) is 0 Å². The lowest BCUT2D eigenvalue weighted by Crippen LogP contribution is -2.31. The van der Waals surface area contributed by atoms with E-state index in [0.29, 0.717) is 13.2 Å². The Kier molecular flexibility index (Phi) is 5.65. The number of rotatable bonds is 9. The van der Waals surface area contributed by atoms with Crippen LogP contribution in [-0.4, -0.2) is 37.5 Å². The summed E-state index contributed by atoms with van der Waals surface area (Å²) in [5.41, 5.74) is 1.32. The van der Waals surface area contributed by atoms with E-state index < -0.39 is 0 Å². The molecule has 0 radical (unpaired) electrons. The van der Waals surface area contributed by atoms with E-state index in [2.05, 4.69) is 29.6 Å². The largest absolute Gasteiger partial charge is 0.389 e. The van der Waals surface area contributed by atoms with Gasteiger partial charge in [-0.15, -0.1) is 0 Å². The number of ether oxygens (including phenoxy) is 1. The van der Waals surface area contributed by atoms with Gasteiger partial charge in [-0.1, -0.05) is 30.3 Å². The fraction of sp³-hybridized carbons (Fsp3) is 0.600. The molecule has 2 rings (SSSR count). The third-order valence-electron chi connectivity index (χ3n) is 3.17. The summed E-state index contributed by atoms with van der Waals surface area (Å²) in [4.78, 5) is 0. The molecule has 0 saturated heterocycles. The first-order chi connectivity index (χ1) is 8.84. The fourth-order valence-electron chi connectivity index (χ4n) is 1.86. The fourth-order valence-corrected chi connectivity index (χ4v) is 1.86. The Morgan fingerprint density at radius 1 is 1.28 bits per heavy atom. The first-order valence-electron chi connectivity index (χ1n) is 6.85. The lowest BCUT2D eigenvalue weighted by atomic mass is 10.1. The van der Waals surface area contributed by atoms with Crippen molar-refractivity contribution in [3.63, 3.8) is 0 Å². The Bertz CT molecular complexity index is 325. The van der Waals surface area contributed by atoms with Crippen LogP contribution < -0.4 is 5.32 Å². The van der Waals surface area contributed by atoms with Crippen molar-refractivity contribution >= 4 is 0 Å². The molecule has 0 heterocycles. The predicted octanol–water partition coefficient (Wildman–Crippen LogP) is 1.61. The predicted molar refractivity (Wildman–Crippen MR) is 72.6 cm³/mol. The van der Waals surface area contributed by atoms with Gasteiger partial charge in [0.05, 0.1) is 12.7 Å². The number of hydrogen-bond donors (Lipinski definition) is 2. The summed E-state index contributed by atoms with van der Waals surface area (Å²) in [6, 6.07) is 10.4. The highest BCUT2D eigenvalue weighted by atomic mass is 16.5. The molecular formula is C15H23NO2. The molecule has 1 aliphatic carbocycles. The molecular weight excluding hydrogens is 226 g/mol. The summed E-state index contributed by atoms with van der Waals surface area (Å²) in [5, 5.41) is 12.9. The highest BCUT2D eigenvalue weighted by molar-refractivity contribution is 5.14. The molecule has 1 atom stereocenters. The van der Waals surface area contributed by atoms with Gasteiger partial charge in [-0.05, 0) is 37.3 Å². The van der Waals surface area contributed by atoms with Crippen LogP contribution in [0.3, 0.4) is 0 Å². The molecule has 100 valence electrons. The number of aliphatic hydroxyl groups excluding tert-OH is 1. The molecule has 0 bridgehead atoms. The zero-order chi connectivity index (χ0) is 12.6. The molecule has 18 heavy (non-hydrogen) atoms. The van der Waals surface area contributed by atoms with Gasteiger partial charge in [0.25, 0.3) is 0 Å². The van der Waals surface area contributed by atoms with Crippen LogP contribution >= 0.6 is 0 Å². The molecule has 2 N–H and O–H groups in total. The van der Waals surface area contributed by atoms with Gasteiger partial charge in [0.15, 0.2) is 0 Å². The Morgan fingerprint density at radius 3 is 2.78 bits per heavy atom. The van der Waals surface area contributed by atoms with Crippen molar-refractivity contribution < 1.29 is 9.84 Å². The van der Waals surface area contributed by atoms with Crippen molar-refractivity contribution in [1.29, 1.82) is 0 Å². The van der Waals surface area contributed by atoms with Crippen LogP contribution in [0.25, 0.3) is 0 Å². The van der Waals surface area contributed by atoms with E-state index in [0.717, 1.165) is 25.5 Å². The molecule has 0 aliphatic heterocycles. The zero-order valence-electron chi connectivity index (χ0n) is 10.8. The molecule has 0 spiro atoms. The summed E-state index contributed by atoms with van der Waals surface area (Å²) in [7, 11) is 0. The van der Waals surface area contributed by atoms with Gasteiger partial charge >= 0.3 is 0 Å². The first-order valence-corrected chi connectivity index (χ1v) is 6.85. The van der Waals surface area contributed by atoms with Crippen molar-refractivity contribution in [2.45, 2.75) is 25.4 Å². The molecule has 1 aromatic carbocycles. The van der Waals surface area contributed by atoms with Crippen molar-refractivity contribution in [3.05, 3.63) is 35.9 Å². The molecule has 1 unspecified atom stereocenters. The Balaban J connectivity index is 1.46. The average Bonchev–Trinajstić information content (AvgIpc) is 3.20. The normalized spacial score (nSPS) is 16.7. The highest BCUT2D eigenvalue weighted by Crippen LogP contribution is 2.28. The summed E-state index contributed by atoms with van der Waals surface area (Å²) >= 11 is 0. The first kappa shape index (κ1) is 13.5. The lowest BCUT2D eigenvalue weighted by molar-refractivity contribution is 0.0327. The quantitative estimate of drug-likeness (QED) is 0.653. The zero-order valence-corrected chi connectivity index (χ0v) is 10.8. The van der Waals surface area contributed by atoms with Crippen LogP contribution in [0.2, 0.25) is 0 Å². The molecule has 1 fully saturated rings. The smallest absolute Gasteiger partial charge is 0.0897 e. The van der Waals surface area contributed by atoms with E-state index in [1.54, 1.807) is 0 Å². The van der Waals surface area contributed by atoms with Crippen LogP contribution in [-0.2, 0) is 11.2 Å². The van der Waals surface area contributed by atoms with Crippen molar-refractivity contribution in [1.82, 2.24) is 5.32 Å². The van der Waals surface area contributed by atoms with Crippen LogP contribution in [0.1, 0.15) is 18.4 Å². The van der Waals surface area contributed by atoms with Gasteiger partial charge in [-0.25, -0.2) is 0 Å². The number of nitrogens with one attached hydrogen (secondary N) is 1. The minimum absolute atomic E-state index is 0.389. The van der Waals surface area contributed by atoms with E-state index >= 15 is 0 Å². The monoisotopic (exact) mass is 249 g/mol. The van der Waals surface area contributed by atoms with Gasteiger partial charge in [-0.2, -0.15) is 0 Å². The minimum Gasteiger partial charge on any atom is -0.389 e. The lowest BCUT2D eigenvalue weighted by Gasteiger charge is -2.12. The Hall–Kier alpha value is -0.900. The topological polar surface area (TPSA) is 41.5 Å². The summed E-state index contributed by atoms with van der Waals surface area (Å²) in [5.74, 6) is 0.767. The molecule has 3 heteroatoms. The standard InChI is InChI=1S/C15H23NO2/c17-15(12-18-11-14-6-7-14)10-16-9-8-13-4-2-1-3-5-13/h1-5,14-17H,6-12H2. The summed E-state index contributed by atoms with van der Waals surface area (Å²) in [6.45, 7) is 2.77. The molecule has 1 aliphatic rings. The van der Waals surface area contributed by atoms with E-state index in [-0.39, 0.29) is 6.10 Å². The SMILES string of the molecule is OC(CNCCc1ccccc1)COCC1CC1. The maximum absolute atomic E-state index is 9.69. The summed E-state index contributed by atoms with van der Waals surface area (Å²) in [6.07, 6.45) is 3.20. The third kappa shape index (κ3) is 5.63. The maximum Gasteiger partial charge on any atom is 0.0897 e. The second kappa shape index (κ2) is 7.52. The van der Waals surface area contributed by atoms with Crippen molar-refractivity contribution in [2.75, 3.05) is 26.3 Å². The van der Waals surface area contributed by atoms with Gasteiger partial charge in [0, 0.05) is 13.2 Å². The van der Waals surface area contributed by atoms with Gasteiger partial charge in [0.2, 0.25) is 0 Å². The molecule has 1 saturated carbocycles. The summed E-state index contributed by atoms with van der Waals surface area (Å²) < 4.78 is 5.44. The molecule has 0 amide bonds. The van der Waals surface area contributed by atoms with E-state index in [9.17, 15) is 5.11 Å². The van der Waals surface area contributed by atoms with E-state index in [1.807, 2.05) is 6.07 Å². The van der Waals surface area contributed by atoms with Crippen LogP contribution in [0.15, 0.2) is 30.3 Å². The molecule has 1 aromatic rings. The van der Waals surface area contributed by atoms with Crippen molar-refractivity contribution in [2.24, 2.45) is 5.92 Å².